The zero-order valence-electron chi connectivity index (χ0n) is 33.7. The number of hydrogen-bond acceptors (Lipinski definition) is 14. The van der Waals surface area contributed by atoms with Crippen molar-refractivity contribution < 1.29 is 58.7 Å². The molecule has 52 heavy (non-hydrogen) atoms. The second-order valence-electron chi connectivity index (χ2n) is 16.8. The molecule has 18 atom stereocenters. The summed E-state index contributed by atoms with van der Waals surface area (Å²) in [5, 5.41) is 58.0. The Labute approximate surface area is 311 Å². The third-order valence-electron chi connectivity index (χ3n) is 12.0. The van der Waals surface area contributed by atoms with E-state index in [2.05, 4.69) is 11.8 Å². The summed E-state index contributed by atoms with van der Waals surface area (Å²) >= 11 is 0. The van der Waals surface area contributed by atoms with E-state index in [1.54, 1.807) is 41.5 Å². The second-order valence-corrected chi connectivity index (χ2v) is 16.8. The molecule has 7 N–H and O–H groups in total. The highest BCUT2D eigenvalue weighted by molar-refractivity contribution is 5.73. The van der Waals surface area contributed by atoms with E-state index in [9.17, 15) is 30.3 Å². The molecule has 3 aliphatic rings. The fraction of sp³-hybridized carbons (Fsp3) is 0.974. The number of aliphatic hydroxyl groups excluding tert-OH is 3. The zero-order chi connectivity index (χ0) is 39.5. The minimum absolute atomic E-state index is 0.123. The summed E-state index contributed by atoms with van der Waals surface area (Å²) in [4.78, 5) is 16.4. The number of ether oxygens (including phenoxy) is 6. The molecule has 0 aliphatic carbocycles. The van der Waals surface area contributed by atoms with Gasteiger partial charge in [-0.15, -0.1) is 0 Å². The van der Waals surface area contributed by atoms with Crippen molar-refractivity contribution in [3.8, 4) is 0 Å². The molecule has 0 aromatic carbocycles. The fourth-order valence-electron chi connectivity index (χ4n) is 8.68. The monoisotopic (exact) mass is 749 g/mol. The van der Waals surface area contributed by atoms with Gasteiger partial charge in [-0.05, 0) is 86.6 Å². The molecular weight excluding hydrogens is 676 g/mol. The third-order valence-corrected chi connectivity index (χ3v) is 12.0. The summed E-state index contributed by atoms with van der Waals surface area (Å²) in [6.45, 7) is 20.6. The van der Waals surface area contributed by atoms with Gasteiger partial charge in [-0.25, -0.2) is 0 Å². The molecular formula is C38H72N2O12. The molecule has 3 rings (SSSR count). The predicted octanol–water partition coefficient (Wildman–Crippen LogP) is 2.08. The maximum absolute atomic E-state index is 14.2. The first-order valence-electron chi connectivity index (χ1n) is 19.4. The van der Waals surface area contributed by atoms with Crippen molar-refractivity contribution in [2.24, 2.45) is 23.5 Å². The molecule has 3 fully saturated rings. The molecule has 0 aromatic heterocycles. The van der Waals surface area contributed by atoms with Gasteiger partial charge in [0.05, 0.1) is 47.6 Å². The maximum Gasteiger partial charge on any atom is 0.311 e. The van der Waals surface area contributed by atoms with Crippen LogP contribution in [0.15, 0.2) is 0 Å². The topological polar surface area (TPSA) is 203 Å². The Kier molecular flexibility index (Phi) is 16.0. The van der Waals surface area contributed by atoms with Gasteiger partial charge in [0.25, 0.3) is 0 Å². The lowest BCUT2D eigenvalue weighted by Crippen LogP contribution is -2.60. The summed E-state index contributed by atoms with van der Waals surface area (Å²) in [7, 11) is 1.50. The van der Waals surface area contributed by atoms with Gasteiger partial charge in [0, 0.05) is 38.1 Å². The molecule has 3 saturated heterocycles. The van der Waals surface area contributed by atoms with Crippen molar-refractivity contribution in [1.82, 2.24) is 4.90 Å². The molecule has 0 bridgehead atoms. The first kappa shape index (κ1) is 45.4. The Morgan fingerprint density at radius 1 is 0.942 bits per heavy atom. The summed E-state index contributed by atoms with van der Waals surface area (Å²) < 4.78 is 37.3. The minimum atomic E-state index is -1.79. The van der Waals surface area contributed by atoms with Crippen LogP contribution < -0.4 is 5.73 Å². The van der Waals surface area contributed by atoms with Crippen LogP contribution in [0.4, 0.5) is 0 Å². The van der Waals surface area contributed by atoms with Crippen LogP contribution in [0, 0.1) is 17.8 Å². The summed E-state index contributed by atoms with van der Waals surface area (Å²) in [6.07, 6.45) is -7.93. The number of aliphatic hydroxyl groups is 5. The number of nitrogens with zero attached hydrogens (tertiary/aromatic N) is 1. The van der Waals surface area contributed by atoms with Crippen molar-refractivity contribution >= 4 is 5.97 Å². The highest BCUT2D eigenvalue weighted by atomic mass is 16.7. The molecule has 14 nitrogen and oxygen atoms in total. The van der Waals surface area contributed by atoms with E-state index in [1.165, 1.54) is 14.0 Å². The number of nitrogens with two attached hydrogens (primary N) is 1. The molecule has 306 valence electrons. The minimum Gasteiger partial charge on any atom is -0.459 e. The lowest BCUT2D eigenvalue weighted by Gasteiger charge is -2.48. The van der Waals surface area contributed by atoms with Gasteiger partial charge in [-0.3, -0.25) is 4.79 Å². The zero-order valence-corrected chi connectivity index (χ0v) is 33.7. The summed E-state index contributed by atoms with van der Waals surface area (Å²) in [5.74, 6) is -2.92. The molecule has 0 spiro atoms. The van der Waals surface area contributed by atoms with Crippen LogP contribution in [0.3, 0.4) is 0 Å². The van der Waals surface area contributed by atoms with E-state index >= 15 is 0 Å². The second kappa shape index (κ2) is 18.3. The third kappa shape index (κ3) is 10.2. The number of carbonyl (C=O) groups is 1. The van der Waals surface area contributed by atoms with E-state index < -0.39 is 102 Å². The number of cyclic esters (lactones) is 1. The van der Waals surface area contributed by atoms with E-state index in [0.29, 0.717) is 19.5 Å². The quantitative estimate of drug-likeness (QED) is 0.197. The number of hydrogen-bond donors (Lipinski definition) is 6. The predicted molar refractivity (Wildman–Crippen MR) is 194 cm³/mol. The summed E-state index contributed by atoms with van der Waals surface area (Å²) in [6, 6.07) is -0.863. The van der Waals surface area contributed by atoms with Gasteiger partial charge < -0.3 is 64.6 Å². The van der Waals surface area contributed by atoms with Crippen molar-refractivity contribution in [3.63, 3.8) is 0 Å². The van der Waals surface area contributed by atoms with Gasteiger partial charge in [-0.2, -0.15) is 0 Å². The number of esters is 1. The van der Waals surface area contributed by atoms with Crippen LogP contribution in [-0.2, 0) is 33.2 Å². The van der Waals surface area contributed by atoms with Crippen molar-refractivity contribution in [3.05, 3.63) is 0 Å². The number of carbonyl (C=O) groups excluding carboxylic acids is 1. The Balaban J connectivity index is 2.19. The Morgan fingerprint density at radius 2 is 1.58 bits per heavy atom. The molecule has 14 heteroatoms. The average Bonchev–Trinajstić information content (AvgIpc) is 3.07. The van der Waals surface area contributed by atoms with Crippen LogP contribution in [0.2, 0.25) is 0 Å². The van der Waals surface area contributed by atoms with Crippen LogP contribution in [0.25, 0.3) is 0 Å². The molecule has 0 saturated carbocycles. The van der Waals surface area contributed by atoms with Crippen LogP contribution >= 0.6 is 0 Å². The fourth-order valence-corrected chi connectivity index (χ4v) is 8.68. The van der Waals surface area contributed by atoms with E-state index in [4.69, 9.17) is 34.2 Å². The van der Waals surface area contributed by atoms with Crippen LogP contribution in [0.5, 0.6) is 0 Å². The SMILES string of the molecule is CCCN1C[C@@H](C)[C@@H](O)[C@](C)(O)[C@@H](CC)OC(=O)C(C)[C@H](OC2C[C@@](C)(OC)[C@@H](O)[C@H](C)O2)[C@H](C)[C@@H](O[C@@H]2O[C@H](C)C[C@H](N)[C@H]2O)[C@@](C)(O)C[C@H]1C. The molecule has 0 amide bonds. The first-order chi connectivity index (χ1) is 24.0. The highest BCUT2D eigenvalue weighted by Crippen LogP contribution is 2.40. The van der Waals surface area contributed by atoms with Crippen LogP contribution in [-0.4, -0.2) is 147 Å². The molecule has 3 heterocycles. The lowest BCUT2D eigenvalue weighted by molar-refractivity contribution is -0.315. The molecule has 0 radical (unpaired) electrons. The molecule has 0 aromatic rings. The van der Waals surface area contributed by atoms with Gasteiger partial charge in [0.2, 0.25) is 0 Å². The van der Waals surface area contributed by atoms with E-state index in [0.717, 1.165) is 6.42 Å². The maximum atomic E-state index is 14.2. The Hall–Kier alpha value is -1.01. The van der Waals surface area contributed by atoms with Gasteiger partial charge in [0.15, 0.2) is 12.6 Å². The number of rotatable bonds is 8. The van der Waals surface area contributed by atoms with Gasteiger partial charge >= 0.3 is 5.97 Å². The molecule has 2 unspecified atom stereocenters. The number of methoxy groups -OCH3 is 1. The van der Waals surface area contributed by atoms with Crippen molar-refractivity contribution in [2.45, 2.75) is 199 Å². The van der Waals surface area contributed by atoms with E-state index in [1.807, 2.05) is 20.8 Å². The largest absolute Gasteiger partial charge is 0.459 e. The van der Waals surface area contributed by atoms with Gasteiger partial charge in [0.1, 0.15) is 23.9 Å². The average molecular weight is 749 g/mol. The Morgan fingerprint density at radius 3 is 2.15 bits per heavy atom. The normalized spacial score (nSPS) is 49.5. The Bertz CT molecular complexity index is 1130. The van der Waals surface area contributed by atoms with E-state index in [-0.39, 0.29) is 31.4 Å². The molecule has 3 aliphatic heterocycles. The van der Waals surface area contributed by atoms with Crippen molar-refractivity contribution in [1.29, 1.82) is 0 Å². The van der Waals surface area contributed by atoms with Crippen molar-refractivity contribution in [2.75, 3.05) is 20.2 Å². The smallest absolute Gasteiger partial charge is 0.311 e. The first-order valence-corrected chi connectivity index (χ1v) is 19.4. The lowest BCUT2D eigenvalue weighted by atomic mass is 9.78. The highest BCUT2D eigenvalue weighted by Gasteiger charge is 2.52. The standard InChI is InChI=1S/C38H72N2O12/c1-13-15-40-19-20(3)31(42)38(11,46)27(14-2)50-34(44)24(7)30(51-28-18-37(10,47-12)32(43)25(8)49-28)23(6)33(36(9,45)17-21(40)4)52-35-29(41)26(39)16-22(5)48-35/h20-33,35,41-43,45-46H,13-19,39H2,1-12H3/t20-,21-,22-,23+,24?,25+,26+,27-,28?,29-,30-,31-,32+,33-,35+,36+,37-,38-/m1/s1. The van der Waals surface area contributed by atoms with Gasteiger partial charge in [-0.1, -0.05) is 27.7 Å². The van der Waals surface area contributed by atoms with Crippen LogP contribution in [0.1, 0.15) is 108 Å². The summed E-state index contributed by atoms with van der Waals surface area (Å²) in [5.41, 5.74) is 1.89.